The summed E-state index contributed by atoms with van der Waals surface area (Å²) in [5, 5.41) is 23.6. The number of aliphatic hydroxyl groups excluding tert-OH is 1. The molecule has 0 saturated carbocycles. The van der Waals surface area contributed by atoms with E-state index < -0.39 is 12.3 Å². The second-order valence-electron chi connectivity index (χ2n) is 5.53. The number of carboxylic acid groups (broad SMARTS) is 1. The molecule has 0 aromatic rings. The van der Waals surface area contributed by atoms with E-state index in [0.29, 0.717) is 6.42 Å². The molecule has 2 rings (SSSR count). The van der Waals surface area contributed by atoms with E-state index in [0.717, 1.165) is 52.4 Å². The number of hydrogen-bond donors (Lipinski definition) is 4. The molecule has 2 heterocycles. The number of carbonyl (C=O) groups is 1. The van der Waals surface area contributed by atoms with E-state index in [1.54, 1.807) is 0 Å². The van der Waals surface area contributed by atoms with Gasteiger partial charge in [0.2, 0.25) is 6.36 Å². The van der Waals surface area contributed by atoms with Gasteiger partial charge in [0, 0.05) is 52.4 Å². The summed E-state index contributed by atoms with van der Waals surface area (Å²) >= 11 is 0. The summed E-state index contributed by atoms with van der Waals surface area (Å²) in [7, 11) is 0. The van der Waals surface area contributed by atoms with Gasteiger partial charge in [-0.2, -0.15) is 0 Å². The van der Waals surface area contributed by atoms with E-state index >= 15 is 0 Å². The Morgan fingerprint density at radius 3 is 2.05 bits per heavy atom. The second-order valence-corrected chi connectivity index (χ2v) is 5.53. The van der Waals surface area contributed by atoms with Crippen LogP contribution in [0.1, 0.15) is 13.3 Å². The number of alkyl halides is 1. The average Bonchev–Trinajstić information content (AvgIpc) is 2.50. The largest absolute Gasteiger partial charge is 0.480 e. The Bertz CT molecular complexity index is 308. The summed E-state index contributed by atoms with van der Waals surface area (Å²) in [4.78, 5) is 14.7. The minimum Gasteiger partial charge on any atom is -0.480 e. The number of rotatable bonds is 5. The van der Waals surface area contributed by atoms with E-state index in [4.69, 9.17) is 10.2 Å². The number of nitrogens with zero attached hydrogens (tertiary/aromatic N) is 2. The number of nitrogens with one attached hydrogen (secondary N) is 2. The number of aliphatic carboxylic acids is 1. The molecule has 8 heteroatoms. The third kappa shape index (κ3) is 7.46. The van der Waals surface area contributed by atoms with Crippen LogP contribution in [0.3, 0.4) is 0 Å². The van der Waals surface area contributed by atoms with Crippen LogP contribution in [0.2, 0.25) is 0 Å². The summed E-state index contributed by atoms with van der Waals surface area (Å²) < 4.78 is 12.0. The van der Waals surface area contributed by atoms with Crippen LogP contribution in [0.5, 0.6) is 0 Å². The number of aliphatic hydroxyl groups is 1. The van der Waals surface area contributed by atoms with Gasteiger partial charge in [-0.05, 0) is 6.42 Å². The highest BCUT2D eigenvalue weighted by molar-refractivity contribution is 5.73. The molecular formula is C14H29FN4O3. The summed E-state index contributed by atoms with van der Waals surface area (Å²) in [6.45, 7) is 9.05. The van der Waals surface area contributed by atoms with Crippen molar-refractivity contribution < 1.29 is 19.4 Å². The Balaban J connectivity index is 0.000000224. The van der Waals surface area contributed by atoms with Gasteiger partial charge in [0.15, 0.2) is 0 Å². The van der Waals surface area contributed by atoms with Gasteiger partial charge >= 0.3 is 5.97 Å². The van der Waals surface area contributed by atoms with Crippen LogP contribution in [0, 0.1) is 0 Å². The van der Waals surface area contributed by atoms with Crippen molar-refractivity contribution in [3.8, 4) is 0 Å². The van der Waals surface area contributed by atoms with Crippen LogP contribution in [0.15, 0.2) is 0 Å². The number of β-amino-alcohol motifs (C(OH)–C–C–N with tert-alkyl or cyclic N) is 1. The molecule has 0 radical (unpaired) electrons. The third-order valence-electron chi connectivity index (χ3n) is 3.88. The van der Waals surface area contributed by atoms with E-state index in [2.05, 4.69) is 10.6 Å². The van der Waals surface area contributed by atoms with Crippen molar-refractivity contribution in [2.45, 2.75) is 25.7 Å². The minimum atomic E-state index is -1.68. The van der Waals surface area contributed by atoms with E-state index in [1.807, 2.05) is 16.7 Å². The maximum atomic E-state index is 12.0. The van der Waals surface area contributed by atoms with Crippen molar-refractivity contribution in [2.24, 2.45) is 0 Å². The van der Waals surface area contributed by atoms with Crippen LogP contribution in [-0.2, 0) is 4.79 Å². The van der Waals surface area contributed by atoms with Crippen molar-refractivity contribution in [3.63, 3.8) is 0 Å². The molecule has 2 aliphatic rings. The van der Waals surface area contributed by atoms with Crippen LogP contribution in [-0.4, -0.2) is 97.3 Å². The Morgan fingerprint density at radius 2 is 1.64 bits per heavy atom. The highest BCUT2D eigenvalue weighted by atomic mass is 19.1. The lowest BCUT2D eigenvalue weighted by molar-refractivity contribution is -0.143. The number of hydrogen-bond acceptors (Lipinski definition) is 6. The lowest BCUT2D eigenvalue weighted by Gasteiger charge is -2.31. The number of halogens is 1. The summed E-state index contributed by atoms with van der Waals surface area (Å²) in [6.07, 6.45) is -0.992. The Hall–Kier alpha value is -0.800. The molecule has 0 bridgehead atoms. The Kier molecular flexibility index (Phi) is 9.49. The monoisotopic (exact) mass is 320 g/mol. The summed E-state index contributed by atoms with van der Waals surface area (Å²) in [6, 6.07) is -0.285. The van der Waals surface area contributed by atoms with Gasteiger partial charge in [0.25, 0.3) is 0 Å². The first-order valence-electron chi connectivity index (χ1n) is 7.97. The van der Waals surface area contributed by atoms with Crippen LogP contribution >= 0.6 is 0 Å². The maximum absolute atomic E-state index is 12.0. The van der Waals surface area contributed by atoms with Gasteiger partial charge in [-0.15, -0.1) is 0 Å². The smallest absolute Gasteiger partial charge is 0.320 e. The molecule has 2 fully saturated rings. The molecule has 0 aromatic carbocycles. The lowest BCUT2D eigenvalue weighted by Crippen LogP contribution is -2.50. The molecule has 2 atom stereocenters. The van der Waals surface area contributed by atoms with Gasteiger partial charge in [-0.3, -0.25) is 14.6 Å². The minimum absolute atomic E-state index is 0.154. The highest BCUT2D eigenvalue weighted by Crippen LogP contribution is 2.05. The third-order valence-corrected chi connectivity index (χ3v) is 3.88. The maximum Gasteiger partial charge on any atom is 0.320 e. The van der Waals surface area contributed by atoms with Crippen LogP contribution in [0.25, 0.3) is 0 Å². The predicted octanol–water partition coefficient (Wildman–Crippen LogP) is -1.07. The van der Waals surface area contributed by atoms with Crippen LogP contribution in [0.4, 0.5) is 4.39 Å². The van der Waals surface area contributed by atoms with Gasteiger partial charge in [-0.1, -0.05) is 6.92 Å². The summed E-state index contributed by atoms with van der Waals surface area (Å²) in [5.74, 6) is -0.695. The normalized spacial score (nSPS) is 23.2. The molecule has 0 spiro atoms. The number of carboxylic acids is 1. The first-order chi connectivity index (χ1) is 10.5. The van der Waals surface area contributed by atoms with Gasteiger partial charge in [0.1, 0.15) is 6.04 Å². The van der Waals surface area contributed by atoms with Crippen molar-refractivity contribution in [2.75, 3.05) is 58.9 Å². The standard InChI is InChI=1S/C8H16N2O2.C6H13FN2O/c1-2-7(8(11)12)10-5-3-9-4-6-10;7-6(10)5-9-3-1-8-2-4-9/h7,9H,2-6H2,1H3,(H,11,12);6,8,10H,1-5H2. The zero-order valence-corrected chi connectivity index (χ0v) is 13.3. The van der Waals surface area contributed by atoms with Crippen LogP contribution < -0.4 is 10.6 Å². The Morgan fingerprint density at radius 1 is 1.14 bits per heavy atom. The zero-order chi connectivity index (χ0) is 16.4. The van der Waals surface area contributed by atoms with Gasteiger partial charge < -0.3 is 20.8 Å². The fraction of sp³-hybridized carbons (Fsp3) is 0.929. The molecule has 4 N–H and O–H groups in total. The first kappa shape index (κ1) is 19.2. The van der Waals surface area contributed by atoms with E-state index in [-0.39, 0.29) is 12.6 Å². The van der Waals surface area contributed by atoms with Crippen molar-refractivity contribution in [1.82, 2.24) is 20.4 Å². The molecule has 2 saturated heterocycles. The van der Waals surface area contributed by atoms with Gasteiger partial charge in [0.05, 0.1) is 6.54 Å². The molecule has 0 aromatic heterocycles. The van der Waals surface area contributed by atoms with E-state index in [9.17, 15) is 9.18 Å². The van der Waals surface area contributed by atoms with Crippen molar-refractivity contribution in [1.29, 1.82) is 0 Å². The molecule has 7 nitrogen and oxygen atoms in total. The molecule has 130 valence electrons. The molecule has 2 unspecified atom stereocenters. The lowest BCUT2D eigenvalue weighted by atomic mass is 10.2. The first-order valence-corrected chi connectivity index (χ1v) is 7.97. The summed E-state index contributed by atoms with van der Waals surface area (Å²) in [5.41, 5.74) is 0. The fourth-order valence-electron chi connectivity index (χ4n) is 2.69. The highest BCUT2D eigenvalue weighted by Gasteiger charge is 2.24. The molecule has 0 amide bonds. The topological polar surface area (TPSA) is 88.1 Å². The Labute approximate surface area is 131 Å². The molecule has 2 aliphatic heterocycles. The fourth-order valence-corrected chi connectivity index (χ4v) is 2.69. The van der Waals surface area contributed by atoms with Crippen molar-refractivity contribution >= 4 is 5.97 Å². The molecular weight excluding hydrogens is 291 g/mol. The second kappa shape index (κ2) is 10.8. The van der Waals surface area contributed by atoms with Gasteiger partial charge in [-0.25, -0.2) is 4.39 Å². The van der Waals surface area contributed by atoms with Crippen molar-refractivity contribution in [3.05, 3.63) is 0 Å². The average molecular weight is 320 g/mol. The van der Waals surface area contributed by atoms with E-state index in [1.165, 1.54) is 0 Å². The quantitative estimate of drug-likeness (QED) is 0.513. The number of piperazine rings is 2. The molecule has 0 aliphatic carbocycles. The molecule has 22 heavy (non-hydrogen) atoms. The zero-order valence-electron chi connectivity index (χ0n) is 13.3. The predicted molar refractivity (Wildman–Crippen MR) is 82.6 cm³/mol. The SMILES string of the molecule is CCC(C(=O)O)N1CCNCC1.OC(F)CN1CCNCC1.